The average molecular weight is 331 g/mol. The number of furan rings is 1. The number of carbonyl (C=O) groups excluding carboxylic acids is 1. The highest BCUT2D eigenvalue weighted by Gasteiger charge is 2.19. The van der Waals surface area contributed by atoms with Gasteiger partial charge in [0.25, 0.3) is 5.91 Å². The first kappa shape index (κ1) is 16.5. The maximum atomic E-state index is 12.4. The fourth-order valence-corrected chi connectivity index (χ4v) is 2.56. The van der Waals surface area contributed by atoms with E-state index in [-0.39, 0.29) is 5.91 Å². The molecule has 3 rings (SSSR count). The van der Waals surface area contributed by atoms with Crippen LogP contribution in [0.4, 0.5) is 0 Å². The Labute approximate surface area is 140 Å². The summed E-state index contributed by atoms with van der Waals surface area (Å²) in [4.78, 5) is 18.7. The van der Waals surface area contributed by atoms with Gasteiger partial charge in [0.05, 0.1) is 26.6 Å². The highest BCUT2D eigenvalue weighted by Crippen LogP contribution is 2.15. The van der Waals surface area contributed by atoms with E-state index in [0.717, 1.165) is 37.4 Å². The van der Waals surface area contributed by atoms with Crippen LogP contribution in [0, 0.1) is 0 Å². The van der Waals surface area contributed by atoms with Crippen LogP contribution in [0.1, 0.15) is 21.7 Å². The number of ether oxygens (including phenoxy) is 2. The normalized spacial score (nSPS) is 15.2. The number of hydrogen-bond acceptors (Lipinski definition) is 6. The number of methoxy groups -OCH3 is 1. The molecule has 0 atom stereocenters. The standard InChI is InChI=1S/C17H21N3O4/c1-22-15-3-2-13(10-18-15)11-19-17(21)16-14(4-7-24-16)12-20-5-8-23-9-6-20/h2-4,7,10H,5-6,8-9,11-12H2,1H3,(H,19,21). The van der Waals surface area contributed by atoms with Gasteiger partial charge in [-0.25, -0.2) is 4.98 Å². The molecular weight excluding hydrogens is 310 g/mol. The molecule has 1 aliphatic rings. The van der Waals surface area contributed by atoms with Crippen molar-refractivity contribution in [3.63, 3.8) is 0 Å². The lowest BCUT2D eigenvalue weighted by Crippen LogP contribution is -2.36. The van der Waals surface area contributed by atoms with E-state index in [1.807, 2.05) is 12.1 Å². The SMILES string of the molecule is COc1ccc(CNC(=O)c2occc2CN2CCOCC2)cn1. The number of pyridine rings is 1. The molecule has 1 aliphatic heterocycles. The summed E-state index contributed by atoms with van der Waals surface area (Å²) in [5, 5.41) is 2.86. The van der Waals surface area contributed by atoms with E-state index in [2.05, 4.69) is 15.2 Å². The summed E-state index contributed by atoms with van der Waals surface area (Å²) in [6.45, 7) is 4.25. The molecule has 0 unspecified atom stereocenters. The Hall–Kier alpha value is -2.38. The van der Waals surface area contributed by atoms with Crippen molar-refractivity contribution in [1.82, 2.24) is 15.2 Å². The molecule has 3 heterocycles. The third-order valence-electron chi connectivity index (χ3n) is 3.91. The van der Waals surface area contributed by atoms with Crippen LogP contribution >= 0.6 is 0 Å². The summed E-state index contributed by atoms with van der Waals surface area (Å²) in [6.07, 6.45) is 3.23. The van der Waals surface area contributed by atoms with Gasteiger partial charge in [-0.2, -0.15) is 0 Å². The second kappa shape index (κ2) is 7.94. The lowest BCUT2D eigenvalue weighted by atomic mass is 10.2. The van der Waals surface area contributed by atoms with Crippen molar-refractivity contribution >= 4 is 5.91 Å². The minimum atomic E-state index is -0.223. The van der Waals surface area contributed by atoms with E-state index in [0.29, 0.717) is 24.7 Å². The Morgan fingerprint density at radius 2 is 2.17 bits per heavy atom. The lowest BCUT2D eigenvalue weighted by molar-refractivity contribution is 0.0339. The number of rotatable bonds is 6. The van der Waals surface area contributed by atoms with Crippen molar-refractivity contribution < 1.29 is 18.7 Å². The fraction of sp³-hybridized carbons (Fsp3) is 0.412. The third-order valence-corrected chi connectivity index (χ3v) is 3.91. The molecule has 1 amide bonds. The molecule has 0 saturated carbocycles. The van der Waals surface area contributed by atoms with Crippen molar-refractivity contribution in [3.8, 4) is 5.88 Å². The number of nitrogens with one attached hydrogen (secondary N) is 1. The van der Waals surface area contributed by atoms with Crippen molar-refractivity contribution in [2.75, 3.05) is 33.4 Å². The predicted molar refractivity (Wildman–Crippen MR) is 86.8 cm³/mol. The highest BCUT2D eigenvalue weighted by atomic mass is 16.5. The minimum absolute atomic E-state index is 0.223. The second-order valence-corrected chi connectivity index (χ2v) is 5.55. The molecule has 1 fully saturated rings. The van der Waals surface area contributed by atoms with E-state index in [1.165, 1.54) is 0 Å². The first-order valence-corrected chi connectivity index (χ1v) is 7.90. The Balaban J connectivity index is 1.57. The molecule has 24 heavy (non-hydrogen) atoms. The minimum Gasteiger partial charge on any atom is -0.481 e. The van der Waals surface area contributed by atoms with Crippen LogP contribution < -0.4 is 10.1 Å². The molecule has 7 nitrogen and oxygen atoms in total. The van der Waals surface area contributed by atoms with Gasteiger partial charge in [0.1, 0.15) is 0 Å². The Morgan fingerprint density at radius 3 is 2.88 bits per heavy atom. The van der Waals surface area contributed by atoms with E-state index >= 15 is 0 Å². The van der Waals surface area contributed by atoms with E-state index in [4.69, 9.17) is 13.9 Å². The van der Waals surface area contributed by atoms with Gasteiger partial charge >= 0.3 is 0 Å². The second-order valence-electron chi connectivity index (χ2n) is 5.55. The van der Waals surface area contributed by atoms with Gasteiger partial charge < -0.3 is 19.2 Å². The molecule has 1 saturated heterocycles. The molecule has 7 heteroatoms. The van der Waals surface area contributed by atoms with Crippen LogP contribution in [0.2, 0.25) is 0 Å². The number of hydrogen-bond donors (Lipinski definition) is 1. The summed E-state index contributed by atoms with van der Waals surface area (Å²) in [7, 11) is 1.57. The number of morpholine rings is 1. The molecule has 0 spiro atoms. The Morgan fingerprint density at radius 1 is 1.33 bits per heavy atom. The smallest absolute Gasteiger partial charge is 0.287 e. The number of aromatic nitrogens is 1. The van der Waals surface area contributed by atoms with Crippen LogP contribution in [-0.4, -0.2) is 49.2 Å². The maximum absolute atomic E-state index is 12.4. The van der Waals surface area contributed by atoms with Crippen molar-refractivity contribution in [1.29, 1.82) is 0 Å². The molecule has 1 N–H and O–H groups in total. The summed E-state index contributed by atoms with van der Waals surface area (Å²) in [5.41, 5.74) is 1.78. The van der Waals surface area contributed by atoms with Crippen molar-refractivity contribution in [2.24, 2.45) is 0 Å². The number of carbonyl (C=O) groups is 1. The summed E-state index contributed by atoms with van der Waals surface area (Å²) < 4.78 is 15.7. The van der Waals surface area contributed by atoms with Crippen LogP contribution in [0.15, 0.2) is 35.1 Å². The van der Waals surface area contributed by atoms with E-state index in [1.54, 1.807) is 25.6 Å². The van der Waals surface area contributed by atoms with Crippen LogP contribution in [0.5, 0.6) is 5.88 Å². The van der Waals surface area contributed by atoms with Crippen LogP contribution in [0.3, 0.4) is 0 Å². The quantitative estimate of drug-likeness (QED) is 0.863. The predicted octanol–water partition coefficient (Wildman–Crippen LogP) is 1.45. The van der Waals surface area contributed by atoms with Gasteiger partial charge in [-0.3, -0.25) is 9.69 Å². The van der Waals surface area contributed by atoms with Crippen molar-refractivity contribution in [3.05, 3.63) is 47.5 Å². The molecule has 2 aromatic heterocycles. The van der Waals surface area contributed by atoms with Gasteiger partial charge in [0.2, 0.25) is 5.88 Å². The zero-order valence-corrected chi connectivity index (χ0v) is 13.7. The highest BCUT2D eigenvalue weighted by molar-refractivity contribution is 5.92. The largest absolute Gasteiger partial charge is 0.481 e. The zero-order valence-electron chi connectivity index (χ0n) is 13.7. The van der Waals surface area contributed by atoms with Gasteiger partial charge in [-0.1, -0.05) is 6.07 Å². The van der Waals surface area contributed by atoms with Crippen molar-refractivity contribution in [2.45, 2.75) is 13.1 Å². The van der Waals surface area contributed by atoms with Gasteiger partial charge in [-0.05, 0) is 11.6 Å². The molecule has 0 bridgehead atoms. The number of nitrogens with zero attached hydrogens (tertiary/aromatic N) is 2. The lowest BCUT2D eigenvalue weighted by Gasteiger charge is -2.26. The zero-order chi connectivity index (χ0) is 16.8. The molecular formula is C17H21N3O4. The van der Waals surface area contributed by atoms with Gasteiger partial charge in [0.15, 0.2) is 5.76 Å². The molecule has 0 aromatic carbocycles. The summed E-state index contributed by atoms with van der Waals surface area (Å²) in [6, 6.07) is 5.47. The van der Waals surface area contributed by atoms with Crippen LogP contribution in [0.25, 0.3) is 0 Å². The summed E-state index contributed by atoms with van der Waals surface area (Å²) in [5.74, 6) is 0.686. The Kier molecular flexibility index (Phi) is 5.45. The van der Waals surface area contributed by atoms with Crippen LogP contribution in [-0.2, 0) is 17.8 Å². The maximum Gasteiger partial charge on any atom is 0.287 e. The molecule has 128 valence electrons. The number of amides is 1. The molecule has 0 aliphatic carbocycles. The molecule has 2 aromatic rings. The Bertz CT molecular complexity index is 663. The first-order valence-electron chi connectivity index (χ1n) is 7.90. The third kappa shape index (κ3) is 4.12. The summed E-state index contributed by atoms with van der Waals surface area (Å²) >= 11 is 0. The monoisotopic (exact) mass is 331 g/mol. The van der Waals surface area contributed by atoms with E-state index in [9.17, 15) is 4.79 Å². The fourth-order valence-electron chi connectivity index (χ4n) is 2.56. The first-order chi connectivity index (χ1) is 11.8. The average Bonchev–Trinajstić information content (AvgIpc) is 3.09. The van der Waals surface area contributed by atoms with Gasteiger partial charge in [-0.15, -0.1) is 0 Å². The molecule has 0 radical (unpaired) electrons. The topological polar surface area (TPSA) is 76.8 Å². The van der Waals surface area contributed by atoms with E-state index < -0.39 is 0 Å². The van der Waals surface area contributed by atoms with Gasteiger partial charge in [0, 0.05) is 44.0 Å².